The Morgan fingerprint density at radius 2 is 1.88 bits per heavy atom. The fourth-order valence-electron chi connectivity index (χ4n) is 4.31. The number of carbonyl (C=O) groups is 1. The number of phenols is 1. The zero-order chi connectivity index (χ0) is 23.4. The van der Waals surface area contributed by atoms with Crippen LogP contribution in [-0.2, 0) is 11.3 Å². The second-order valence-electron chi connectivity index (χ2n) is 8.70. The lowest BCUT2D eigenvalue weighted by Crippen LogP contribution is -2.35. The minimum atomic E-state index is -0.00285. The molecule has 1 aliphatic rings. The third-order valence-electron chi connectivity index (χ3n) is 6.15. The van der Waals surface area contributed by atoms with Crippen molar-refractivity contribution in [3.63, 3.8) is 0 Å². The molecule has 2 aromatic carbocycles. The van der Waals surface area contributed by atoms with Crippen LogP contribution in [0.5, 0.6) is 11.5 Å². The Morgan fingerprint density at radius 3 is 2.61 bits per heavy atom. The Labute approximate surface area is 194 Å². The molecule has 0 unspecified atom stereocenters. The van der Waals surface area contributed by atoms with Crippen molar-refractivity contribution in [3.05, 3.63) is 48.0 Å². The van der Waals surface area contributed by atoms with Gasteiger partial charge in [-0.2, -0.15) is 4.98 Å². The van der Waals surface area contributed by atoms with Gasteiger partial charge in [-0.1, -0.05) is 18.2 Å². The Hall–Kier alpha value is -3.55. The van der Waals surface area contributed by atoms with E-state index < -0.39 is 0 Å². The second-order valence-corrected chi connectivity index (χ2v) is 8.70. The number of anilines is 2. The largest absolute Gasteiger partial charge is 0.504 e. The zero-order valence-electron chi connectivity index (χ0n) is 19.3. The van der Waals surface area contributed by atoms with E-state index in [4.69, 9.17) is 14.7 Å². The fraction of sp³-hybridized carbons (Fsp3) is 0.400. The first kappa shape index (κ1) is 22.6. The number of hydrogen-bond donors (Lipinski definition) is 3. The normalized spacial score (nSPS) is 18.0. The van der Waals surface area contributed by atoms with Crippen LogP contribution in [0.1, 0.15) is 31.2 Å². The van der Waals surface area contributed by atoms with E-state index in [1.54, 1.807) is 18.2 Å². The number of methoxy groups -OCH3 is 1. The van der Waals surface area contributed by atoms with Gasteiger partial charge < -0.3 is 25.4 Å². The Kier molecular flexibility index (Phi) is 6.82. The molecule has 1 aromatic heterocycles. The Balaban J connectivity index is 1.32. The van der Waals surface area contributed by atoms with Crippen molar-refractivity contribution in [2.45, 2.75) is 38.3 Å². The number of hydrogen-bond acceptors (Lipinski definition) is 7. The number of amides is 1. The molecule has 0 aliphatic heterocycles. The molecule has 1 amide bonds. The molecule has 8 heteroatoms. The molecule has 1 aliphatic carbocycles. The molecular formula is C25H31N5O3. The number of benzene rings is 2. The molecule has 33 heavy (non-hydrogen) atoms. The topological polar surface area (TPSA) is 99.6 Å². The number of phenolic OH excluding ortho intramolecular Hbond substituents is 1. The quantitative estimate of drug-likeness (QED) is 0.506. The lowest BCUT2D eigenvalue weighted by molar-refractivity contribution is -0.126. The van der Waals surface area contributed by atoms with Crippen LogP contribution in [0.15, 0.2) is 42.5 Å². The zero-order valence-corrected chi connectivity index (χ0v) is 19.3. The van der Waals surface area contributed by atoms with Gasteiger partial charge in [-0.25, -0.2) is 4.98 Å². The molecule has 1 heterocycles. The number of para-hydroxylation sites is 1. The van der Waals surface area contributed by atoms with Crippen LogP contribution in [0.3, 0.4) is 0 Å². The van der Waals surface area contributed by atoms with Crippen LogP contribution < -0.4 is 20.3 Å². The van der Waals surface area contributed by atoms with Gasteiger partial charge in [0, 0.05) is 38.0 Å². The molecule has 0 spiro atoms. The van der Waals surface area contributed by atoms with E-state index in [-0.39, 0.29) is 23.6 Å². The molecule has 0 atom stereocenters. The minimum absolute atomic E-state index is 0.00285. The average molecular weight is 450 g/mol. The third kappa shape index (κ3) is 5.27. The van der Waals surface area contributed by atoms with Gasteiger partial charge in [0.05, 0.1) is 12.6 Å². The maximum absolute atomic E-state index is 12.7. The maximum atomic E-state index is 12.7. The van der Waals surface area contributed by atoms with Crippen molar-refractivity contribution in [2.24, 2.45) is 5.92 Å². The molecule has 174 valence electrons. The predicted octanol–water partition coefficient (Wildman–Crippen LogP) is 3.70. The highest BCUT2D eigenvalue weighted by molar-refractivity contribution is 5.90. The number of aromatic nitrogens is 2. The molecule has 0 saturated heterocycles. The lowest BCUT2D eigenvalue weighted by atomic mass is 9.85. The monoisotopic (exact) mass is 449 g/mol. The summed E-state index contributed by atoms with van der Waals surface area (Å²) in [7, 11) is 5.47. The van der Waals surface area contributed by atoms with Crippen LogP contribution in [0.2, 0.25) is 0 Å². The summed E-state index contributed by atoms with van der Waals surface area (Å²) in [5.41, 5.74) is 1.80. The van der Waals surface area contributed by atoms with E-state index in [0.717, 1.165) is 48.0 Å². The standard InChI is InChI=1S/C25H31N5O3/c1-30(2)23-19-6-4-5-7-20(19)28-25(29-23)27-18-11-9-17(10-12-18)24(32)26-15-16-8-13-21(31)22(14-16)33-3/h4-8,13-14,17-18,31H,9-12,15H2,1-3H3,(H,26,32)(H,27,28,29). The van der Waals surface area contributed by atoms with E-state index in [1.165, 1.54) is 7.11 Å². The number of nitrogens with zero attached hydrogens (tertiary/aromatic N) is 3. The molecule has 3 aromatic rings. The average Bonchev–Trinajstić information content (AvgIpc) is 2.83. The van der Waals surface area contributed by atoms with Gasteiger partial charge in [-0.15, -0.1) is 0 Å². The summed E-state index contributed by atoms with van der Waals surface area (Å²) in [6.45, 7) is 0.409. The van der Waals surface area contributed by atoms with Crippen LogP contribution in [0.25, 0.3) is 10.9 Å². The van der Waals surface area contributed by atoms with Crippen molar-refractivity contribution < 1.29 is 14.6 Å². The summed E-state index contributed by atoms with van der Waals surface area (Å²) in [4.78, 5) is 24.1. The van der Waals surface area contributed by atoms with Gasteiger partial charge in [-0.3, -0.25) is 4.79 Å². The van der Waals surface area contributed by atoms with E-state index in [1.807, 2.05) is 43.3 Å². The highest BCUT2D eigenvalue weighted by Gasteiger charge is 2.27. The summed E-state index contributed by atoms with van der Waals surface area (Å²) in [6, 6.07) is 13.4. The first-order chi connectivity index (χ1) is 15.9. The maximum Gasteiger partial charge on any atom is 0.225 e. The molecule has 8 nitrogen and oxygen atoms in total. The SMILES string of the molecule is COc1cc(CNC(=O)C2CCC(Nc3nc(N(C)C)c4ccccc4n3)CC2)ccc1O. The lowest BCUT2D eigenvalue weighted by Gasteiger charge is -2.28. The summed E-state index contributed by atoms with van der Waals surface area (Å²) >= 11 is 0. The van der Waals surface area contributed by atoms with Crippen LogP contribution in [0, 0.1) is 5.92 Å². The molecule has 0 radical (unpaired) electrons. The first-order valence-corrected chi connectivity index (χ1v) is 11.3. The molecule has 3 N–H and O–H groups in total. The number of aromatic hydroxyl groups is 1. The molecule has 0 bridgehead atoms. The van der Waals surface area contributed by atoms with Gasteiger partial charge in [-0.05, 0) is 55.5 Å². The van der Waals surface area contributed by atoms with Crippen molar-refractivity contribution >= 4 is 28.6 Å². The highest BCUT2D eigenvalue weighted by Crippen LogP contribution is 2.29. The van der Waals surface area contributed by atoms with Gasteiger partial charge in [0.1, 0.15) is 5.82 Å². The van der Waals surface area contributed by atoms with E-state index >= 15 is 0 Å². The highest BCUT2D eigenvalue weighted by atomic mass is 16.5. The van der Waals surface area contributed by atoms with Gasteiger partial charge in [0.25, 0.3) is 0 Å². The number of nitrogens with one attached hydrogen (secondary N) is 2. The van der Waals surface area contributed by atoms with Crippen molar-refractivity contribution in [2.75, 3.05) is 31.4 Å². The van der Waals surface area contributed by atoms with Crippen LogP contribution >= 0.6 is 0 Å². The van der Waals surface area contributed by atoms with E-state index in [2.05, 4.69) is 10.6 Å². The molecule has 1 fully saturated rings. The Morgan fingerprint density at radius 1 is 1.12 bits per heavy atom. The van der Waals surface area contributed by atoms with Gasteiger partial charge >= 0.3 is 0 Å². The van der Waals surface area contributed by atoms with Crippen LogP contribution in [-0.4, -0.2) is 48.2 Å². The Bertz CT molecular complexity index is 1130. The van der Waals surface area contributed by atoms with E-state index in [9.17, 15) is 9.90 Å². The van der Waals surface area contributed by atoms with Crippen molar-refractivity contribution in [3.8, 4) is 11.5 Å². The summed E-state index contributed by atoms with van der Waals surface area (Å²) in [5.74, 6) is 2.08. The fourth-order valence-corrected chi connectivity index (χ4v) is 4.31. The number of carbonyl (C=O) groups excluding carboxylic acids is 1. The van der Waals surface area contributed by atoms with Crippen molar-refractivity contribution in [1.29, 1.82) is 0 Å². The van der Waals surface area contributed by atoms with Crippen LogP contribution in [0.4, 0.5) is 11.8 Å². The second kappa shape index (κ2) is 9.94. The number of rotatable bonds is 7. The predicted molar refractivity (Wildman–Crippen MR) is 130 cm³/mol. The molecule has 1 saturated carbocycles. The van der Waals surface area contributed by atoms with Gasteiger partial charge in [0.2, 0.25) is 11.9 Å². The third-order valence-corrected chi connectivity index (χ3v) is 6.15. The number of fused-ring (bicyclic) bond motifs is 1. The molecule has 4 rings (SSSR count). The van der Waals surface area contributed by atoms with Crippen molar-refractivity contribution in [1.82, 2.24) is 15.3 Å². The molecular weight excluding hydrogens is 418 g/mol. The summed E-state index contributed by atoms with van der Waals surface area (Å²) in [5, 5.41) is 17.2. The smallest absolute Gasteiger partial charge is 0.225 e. The number of ether oxygens (including phenoxy) is 1. The summed E-state index contributed by atoms with van der Waals surface area (Å²) < 4.78 is 5.13. The first-order valence-electron chi connectivity index (χ1n) is 11.3. The summed E-state index contributed by atoms with van der Waals surface area (Å²) in [6.07, 6.45) is 3.41. The van der Waals surface area contributed by atoms with Gasteiger partial charge in [0.15, 0.2) is 11.5 Å². The van der Waals surface area contributed by atoms with E-state index in [0.29, 0.717) is 18.2 Å². The minimum Gasteiger partial charge on any atom is -0.504 e.